The van der Waals surface area contributed by atoms with E-state index in [9.17, 15) is 30.4 Å². The van der Waals surface area contributed by atoms with E-state index in [-0.39, 0.29) is 16.2 Å². The maximum Gasteiger partial charge on any atom is 0.340 e. The molecule has 0 fully saturated rings. The molecule has 0 amide bonds. The summed E-state index contributed by atoms with van der Waals surface area (Å²) < 4.78 is 98.2. The van der Waals surface area contributed by atoms with Gasteiger partial charge >= 0.3 is 12.3 Å². The monoisotopic (exact) mass is 617 g/mol. The van der Waals surface area contributed by atoms with Crippen LogP contribution in [0.3, 0.4) is 0 Å². The van der Waals surface area contributed by atoms with Gasteiger partial charge in [-0.3, -0.25) is 0 Å². The number of hydrogen-bond donors (Lipinski definition) is 1. The fraction of sp³-hybridized carbons (Fsp3) is 0.231. The Morgan fingerprint density at radius 3 is 2.47 bits per heavy atom. The van der Waals surface area contributed by atoms with Crippen LogP contribution in [-0.2, 0) is 23.0 Å². The van der Waals surface area contributed by atoms with Gasteiger partial charge in [-0.2, -0.15) is 8.78 Å². The van der Waals surface area contributed by atoms with Crippen molar-refractivity contribution in [1.29, 1.82) is 0 Å². The van der Waals surface area contributed by atoms with Gasteiger partial charge in [0.15, 0.2) is 6.61 Å². The highest BCUT2D eigenvalue weighted by atomic mass is 79.9. The second kappa shape index (κ2) is 11.4. The summed E-state index contributed by atoms with van der Waals surface area (Å²) in [6, 6.07) is 16.4. The Kier molecular flexibility index (Phi) is 8.43. The van der Waals surface area contributed by atoms with Gasteiger partial charge in [-0.1, -0.05) is 28.1 Å². The molecule has 0 radical (unpaired) electrons. The van der Waals surface area contributed by atoms with E-state index in [0.717, 1.165) is 14.0 Å². The van der Waals surface area contributed by atoms with Crippen molar-refractivity contribution in [2.24, 2.45) is 0 Å². The molecule has 4 aromatic rings. The molecule has 202 valence electrons. The molecule has 4 rings (SSSR count). The molecule has 0 aliphatic carbocycles. The normalized spacial score (nSPS) is 12.4. The van der Waals surface area contributed by atoms with Crippen molar-refractivity contribution in [2.45, 2.75) is 30.2 Å². The zero-order chi connectivity index (χ0) is 27.5. The van der Waals surface area contributed by atoms with Crippen LogP contribution in [0, 0.1) is 5.82 Å². The first-order valence-corrected chi connectivity index (χ1v) is 13.7. The van der Waals surface area contributed by atoms with Gasteiger partial charge in [0.2, 0.25) is 0 Å². The third kappa shape index (κ3) is 6.36. The molecular formula is C26H23BrF5N2O3S+. The third-order valence-electron chi connectivity index (χ3n) is 5.83. The molecule has 38 heavy (non-hydrogen) atoms. The predicted molar refractivity (Wildman–Crippen MR) is 136 cm³/mol. The van der Waals surface area contributed by atoms with Crippen molar-refractivity contribution in [2.75, 3.05) is 13.2 Å². The predicted octanol–water partition coefficient (Wildman–Crippen LogP) is 5.37. The lowest BCUT2D eigenvalue weighted by Gasteiger charge is -2.16. The average molecular weight is 618 g/mol. The highest BCUT2D eigenvalue weighted by Crippen LogP contribution is 2.28. The van der Waals surface area contributed by atoms with E-state index in [4.69, 9.17) is 4.74 Å². The zero-order valence-corrected chi connectivity index (χ0v) is 22.2. The summed E-state index contributed by atoms with van der Waals surface area (Å²) in [5, 5.41) is 2.53. The second-order valence-electron chi connectivity index (χ2n) is 8.60. The Hall–Kier alpha value is -2.96. The van der Waals surface area contributed by atoms with Gasteiger partial charge in [0.05, 0.1) is 17.0 Å². The lowest BCUT2D eigenvalue weighted by atomic mass is 10.1. The number of aromatic nitrogens is 1. The highest BCUT2D eigenvalue weighted by Gasteiger charge is 2.41. The summed E-state index contributed by atoms with van der Waals surface area (Å²) >= 11 is 3.28. The van der Waals surface area contributed by atoms with E-state index in [1.807, 2.05) is 5.32 Å². The standard InChI is InChI=1S/C26H22BrF5N2O3S/c27-19-4-7-22(8-5-19)38(35,36)34-15-18(23-9-6-20(28)13-24(23)34)10-11-33-14-17-2-1-3-21(12-17)37-16-26(31,32)25(29)30/h1-9,12-13,15,25,33H,10-11,14,16H2/p+1. The minimum absolute atomic E-state index is 0.0551. The Morgan fingerprint density at radius 1 is 1.03 bits per heavy atom. The fourth-order valence-electron chi connectivity index (χ4n) is 3.89. The number of hydrogen-bond acceptors (Lipinski definition) is 3. The van der Waals surface area contributed by atoms with Crippen molar-refractivity contribution in [1.82, 2.24) is 3.97 Å². The molecule has 3 aromatic carbocycles. The number of nitrogens with zero attached hydrogens (tertiary/aromatic N) is 1. The Balaban J connectivity index is 1.45. The number of nitrogens with two attached hydrogens (primary N) is 1. The van der Waals surface area contributed by atoms with E-state index < -0.39 is 34.8 Å². The third-order valence-corrected chi connectivity index (χ3v) is 8.05. The summed E-state index contributed by atoms with van der Waals surface area (Å²) in [6.45, 7) is -0.456. The zero-order valence-electron chi connectivity index (χ0n) is 19.8. The van der Waals surface area contributed by atoms with Gasteiger partial charge in [-0.15, -0.1) is 0 Å². The Morgan fingerprint density at radius 2 is 1.76 bits per heavy atom. The van der Waals surface area contributed by atoms with Crippen LogP contribution in [0.5, 0.6) is 5.75 Å². The molecule has 0 bridgehead atoms. The second-order valence-corrected chi connectivity index (χ2v) is 11.3. The molecule has 0 aliphatic rings. The summed E-state index contributed by atoms with van der Waals surface area (Å²) in [6.07, 6.45) is -1.86. The summed E-state index contributed by atoms with van der Waals surface area (Å²) in [7, 11) is -3.97. The average Bonchev–Trinajstić information content (AvgIpc) is 3.24. The molecule has 0 unspecified atom stereocenters. The van der Waals surface area contributed by atoms with Gasteiger partial charge in [0.25, 0.3) is 10.0 Å². The van der Waals surface area contributed by atoms with Gasteiger partial charge in [-0.25, -0.2) is 25.6 Å². The molecule has 1 heterocycles. The molecule has 0 spiro atoms. The number of halogens is 6. The number of benzene rings is 3. The molecule has 12 heteroatoms. The molecular weight excluding hydrogens is 595 g/mol. The molecule has 0 saturated carbocycles. The van der Waals surface area contributed by atoms with E-state index in [1.165, 1.54) is 42.6 Å². The van der Waals surface area contributed by atoms with Crippen LogP contribution in [0.15, 0.2) is 82.3 Å². The first-order chi connectivity index (χ1) is 18.0. The van der Waals surface area contributed by atoms with Crippen molar-refractivity contribution < 1.29 is 40.4 Å². The Labute approximate surface area is 224 Å². The first kappa shape index (κ1) is 28.1. The molecule has 2 N–H and O–H groups in total. The van der Waals surface area contributed by atoms with Crippen molar-refractivity contribution in [3.63, 3.8) is 0 Å². The number of fused-ring (bicyclic) bond motifs is 1. The van der Waals surface area contributed by atoms with Crippen molar-refractivity contribution >= 4 is 36.9 Å². The van der Waals surface area contributed by atoms with Crippen LogP contribution in [-0.4, -0.2) is 37.9 Å². The molecule has 0 saturated heterocycles. The fourth-order valence-corrected chi connectivity index (χ4v) is 5.54. The highest BCUT2D eigenvalue weighted by molar-refractivity contribution is 9.10. The van der Waals surface area contributed by atoms with E-state index in [0.29, 0.717) is 30.5 Å². The molecule has 5 nitrogen and oxygen atoms in total. The Bertz CT molecular complexity index is 1530. The topological polar surface area (TPSA) is 64.9 Å². The SMILES string of the molecule is O=S(=O)(c1ccc(Br)cc1)n1cc(CC[NH2+]Cc2cccc(OCC(F)(F)C(F)F)c2)c2ccc(F)cc21. The van der Waals surface area contributed by atoms with E-state index >= 15 is 0 Å². The lowest BCUT2D eigenvalue weighted by molar-refractivity contribution is -0.670. The maximum atomic E-state index is 14.0. The number of alkyl halides is 4. The van der Waals surface area contributed by atoms with Gasteiger partial charge < -0.3 is 10.1 Å². The van der Waals surface area contributed by atoms with Crippen LogP contribution < -0.4 is 10.1 Å². The maximum absolute atomic E-state index is 14.0. The summed E-state index contributed by atoms with van der Waals surface area (Å²) in [5.41, 5.74) is 1.67. The minimum atomic E-state index is -4.24. The number of quaternary nitrogens is 1. The van der Waals surface area contributed by atoms with Crippen LogP contribution in [0.2, 0.25) is 0 Å². The van der Waals surface area contributed by atoms with Crippen molar-refractivity contribution in [3.05, 3.63) is 94.3 Å². The quantitative estimate of drug-likeness (QED) is 0.182. The summed E-state index contributed by atoms with van der Waals surface area (Å²) in [5.74, 6) is -4.75. The van der Waals surface area contributed by atoms with Crippen LogP contribution in [0.1, 0.15) is 11.1 Å². The van der Waals surface area contributed by atoms with E-state index in [1.54, 1.807) is 30.3 Å². The molecule has 0 aliphatic heterocycles. The number of ether oxygens (including phenoxy) is 1. The molecule has 1 aromatic heterocycles. The lowest BCUT2D eigenvalue weighted by Crippen LogP contribution is -2.83. The largest absolute Gasteiger partial charge is 0.487 e. The van der Waals surface area contributed by atoms with Crippen LogP contribution in [0.4, 0.5) is 22.0 Å². The van der Waals surface area contributed by atoms with Gasteiger partial charge in [0, 0.05) is 28.0 Å². The minimum Gasteiger partial charge on any atom is -0.487 e. The number of rotatable bonds is 11. The first-order valence-electron chi connectivity index (χ1n) is 11.5. The van der Waals surface area contributed by atoms with Crippen molar-refractivity contribution in [3.8, 4) is 5.75 Å². The summed E-state index contributed by atoms with van der Waals surface area (Å²) in [4.78, 5) is 0.0633. The smallest absolute Gasteiger partial charge is 0.340 e. The van der Waals surface area contributed by atoms with Gasteiger partial charge in [-0.05, 0) is 60.2 Å². The van der Waals surface area contributed by atoms with E-state index in [2.05, 4.69) is 15.9 Å². The van der Waals surface area contributed by atoms with Gasteiger partial charge in [0.1, 0.15) is 18.1 Å². The van der Waals surface area contributed by atoms with Crippen LogP contribution in [0.25, 0.3) is 10.9 Å². The molecule has 0 atom stereocenters. The van der Waals surface area contributed by atoms with Crippen LogP contribution >= 0.6 is 15.9 Å².